The molecule has 0 aliphatic carbocycles. The zero-order chi connectivity index (χ0) is 22.2. The van der Waals surface area contributed by atoms with Gasteiger partial charge in [0, 0.05) is 23.1 Å². The summed E-state index contributed by atoms with van der Waals surface area (Å²) in [4.78, 5) is 24.9. The lowest BCUT2D eigenvalue weighted by Gasteiger charge is -2.10. The van der Waals surface area contributed by atoms with Crippen LogP contribution in [0.1, 0.15) is 27.1 Å². The van der Waals surface area contributed by atoms with Gasteiger partial charge >= 0.3 is 0 Å². The number of thiophene rings is 1. The Bertz CT molecular complexity index is 1120. The lowest BCUT2D eigenvalue weighted by Crippen LogP contribution is -2.23. The van der Waals surface area contributed by atoms with E-state index in [2.05, 4.69) is 5.32 Å². The van der Waals surface area contributed by atoms with Gasteiger partial charge in [-0.2, -0.15) is 0 Å². The molecule has 158 valence electrons. The van der Waals surface area contributed by atoms with E-state index in [-0.39, 0.29) is 11.7 Å². The summed E-state index contributed by atoms with van der Waals surface area (Å²) in [6.07, 6.45) is 4.58. The lowest BCUT2D eigenvalue weighted by molar-refractivity contribution is -0.124. The SMILES string of the molecule is Cc1csc(C=C(C(=O)NCc2ccc(C=CC(=O)NO)cc2)c2ccc(F)cc2)c1. The number of amides is 2. The third-order valence-electron chi connectivity index (χ3n) is 4.41. The minimum atomic E-state index is -0.614. The van der Waals surface area contributed by atoms with Crippen molar-refractivity contribution in [2.45, 2.75) is 13.5 Å². The molecule has 0 aliphatic rings. The van der Waals surface area contributed by atoms with Gasteiger partial charge in [0.2, 0.25) is 0 Å². The maximum absolute atomic E-state index is 13.3. The number of nitrogens with one attached hydrogen (secondary N) is 2. The molecule has 7 heteroatoms. The number of halogens is 1. The Balaban J connectivity index is 1.73. The summed E-state index contributed by atoms with van der Waals surface area (Å²) in [5, 5.41) is 13.4. The second-order valence-electron chi connectivity index (χ2n) is 6.82. The molecule has 0 saturated carbocycles. The van der Waals surface area contributed by atoms with Crippen molar-refractivity contribution in [2.75, 3.05) is 0 Å². The van der Waals surface area contributed by atoms with Crippen molar-refractivity contribution in [1.82, 2.24) is 10.8 Å². The number of aryl methyl sites for hydroxylation is 1. The average Bonchev–Trinajstić information content (AvgIpc) is 3.20. The van der Waals surface area contributed by atoms with Crippen molar-refractivity contribution in [1.29, 1.82) is 0 Å². The topological polar surface area (TPSA) is 78.4 Å². The van der Waals surface area contributed by atoms with E-state index in [0.29, 0.717) is 17.7 Å². The lowest BCUT2D eigenvalue weighted by atomic mass is 10.0. The first-order valence-electron chi connectivity index (χ1n) is 9.46. The highest BCUT2D eigenvalue weighted by Crippen LogP contribution is 2.23. The maximum atomic E-state index is 13.3. The van der Waals surface area contributed by atoms with Crippen molar-refractivity contribution in [3.8, 4) is 0 Å². The Morgan fingerprint density at radius 3 is 2.42 bits per heavy atom. The highest BCUT2D eigenvalue weighted by molar-refractivity contribution is 7.11. The Morgan fingerprint density at radius 2 is 1.81 bits per heavy atom. The van der Waals surface area contributed by atoms with Gasteiger partial charge in [-0.25, -0.2) is 9.87 Å². The van der Waals surface area contributed by atoms with E-state index in [1.165, 1.54) is 35.0 Å². The van der Waals surface area contributed by atoms with Gasteiger partial charge in [-0.1, -0.05) is 36.4 Å². The molecule has 1 aromatic heterocycles. The summed E-state index contributed by atoms with van der Waals surface area (Å²) in [7, 11) is 0. The molecule has 0 spiro atoms. The van der Waals surface area contributed by atoms with Gasteiger partial charge in [-0.3, -0.25) is 14.8 Å². The number of carbonyl (C=O) groups is 2. The molecule has 3 rings (SSSR count). The molecule has 31 heavy (non-hydrogen) atoms. The fourth-order valence-electron chi connectivity index (χ4n) is 2.81. The van der Waals surface area contributed by atoms with Crippen LogP contribution in [0, 0.1) is 12.7 Å². The maximum Gasteiger partial charge on any atom is 0.267 e. The van der Waals surface area contributed by atoms with Crippen molar-refractivity contribution in [3.63, 3.8) is 0 Å². The average molecular weight is 437 g/mol. The van der Waals surface area contributed by atoms with Gasteiger partial charge in [0.25, 0.3) is 11.8 Å². The van der Waals surface area contributed by atoms with Crippen LogP contribution >= 0.6 is 11.3 Å². The van der Waals surface area contributed by atoms with Crippen molar-refractivity contribution >= 4 is 40.9 Å². The zero-order valence-electron chi connectivity index (χ0n) is 16.8. The van der Waals surface area contributed by atoms with Gasteiger partial charge < -0.3 is 5.32 Å². The Morgan fingerprint density at radius 1 is 1.10 bits per heavy atom. The number of benzene rings is 2. The summed E-state index contributed by atoms with van der Waals surface area (Å²) in [5.41, 5.74) is 5.38. The molecule has 0 bridgehead atoms. The molecule has 0 saturated heterocycles. The largest absolute Gasteiger partial charge is 0.348 e. The second kappa shape index (κ2) is 10.5. The van der Waals surface area contributed by atoms with Gasteiger partial charge in [-0.15, -0.1) is 11.3 Å². The number of hydrogen-bond acceptors (Lipinski definition) is 4. The third-order valence-corrected chi connectivity index (χ3v) is 5.40. The molecule has 1 heterocycles. The molecule has 0 aliphatic heterocycles. The fraction of sp³-hybridized carbons (Fsp3) is 0.0833. The predicted octanol–water partition coefficient (Wildman–Crippen LogP) is 4.57. The van der Waals surface area contributed by atoms with E-state index in [4.69, 9.17) is 5.21 Å². The number of hydroxylamine groups is 1. The first-order valence-corrected chi connectivity index (χ1v) is 10.3. The second-order valence-corrected chi connectivity index (χ2v) is 7.77. The van der Waals surface area contributed by atoms with Crippen LogP contribution in [-0.4, -0.2) is 17.0 Å². The number of rotatable bonds is 7. The minimum absolute atomic E-state index is 0.263. The van der Waals surface area contributed by atoms with Gasteiger partial charge in [0.15, 0.2) is 0 Å². The zero-order valence-corrected chi connectivity index (χ0v) is 17.6. The number of hydrogen-bond donors (Lipinski definition) is 3. The summed E-state index contributed by atoms with van der Waals surface area (Å²) >= 11 is 1.54. The van der Waals surface area contributed by atoms with E-state index in [9.17, 15) is 14.0 Å². The summed E-state index contributed by atoms with van der Waals surface area (Å²) in [6.45, 7) is 2.29. The van der Waals surface area contributed by atoms with Crippen LogP contribution in [0.5, 0.6) is 0 Å². The van der Waals surface area contributed by atoms with Crippen LogP contribution < -0.4 is 10.8 Å². The van der Waals surface area contributed by atoms with E-state index < -0.39 is 5.91 Å². The van der Waals surface area contributed by atoms with Gasteiger partial charge in [-0.05, 0) is 64.9 Å². The highest BCUT2D eigenvalue weighted by Gasteiger charge is 2.13. The van der Waals surface area contributed by atoms with Crippen molar-refractivity contribution in [3.05, 3.63) is 99.0 Å². The predicted molar refractivity (Wildman–Crippen MR) is 121 cm³/mol. The van der Waals surface area contributed by atoms with Crippen LogP contribution in [0.3, 0.4) is 0 Å². The van der Waals surface area contributed by atoms with Crippen molar-refractivity contribution in [2.24, 2.45) is 0 Å². The normalized spacial score (nSPS) is 11.5. The standard InChI is InChI=1S/C24H21FN2O3S/c1-16-12-21(31-15-16)13-22(19-7-9-20(25)10-8-19)24(29)26-14-18-4-2-17(3-5-18)6-11-23(28)27-30/h2-13,15,30H,14H2,1H3,(H,26,29)(H,27,28). The molecular formula is C24H21FN2O3S. The first kappa shape index (κ1) is 22.1. The van der Waals surface area contributed by atoms with E-state index in [1.54, 1.807) is 36.4 Å². The molecule has 5 nitrogen and oxygen atoms in total. The molecule has 0 radical (unpaired) electrons. The summed E-state index contributed by atoms with van der Waals surface area (Å²) < 4.78 is 13.3. The van der Waals surface area contributed by atoms with Crippen LogP contribution in [0.2, 0.25) is 0 Å². The minimum Gasteiger partial charge on any atom is -0.348 e. The summed E-state index contributed by atoms with van der Waals surface area (Å²) in [6, 6.07) is 15.1. The molecule has 2 amide bonds. The van der Waals surface area contributed by atoms with E-state index in [1.807, 2.05) is 30.5 Å². The molecule has 3 N–H and O–H groups in total. The van der Waals surface area contributed by atoms with Crippen LogP contribution in [0.25, 0.3) is 17.7 Å². The Kier molecular flexibility index (Phi) is 7.48. The smallest absolute Gasteiger partial charge is 0.267 e. The highest BCUT2D eigenvalue weighted by atomic mass is 32.1. The third kappa shape index (κ3) is 6.47. The Hall–Kier alpha value is -3.55. The van der Waals surface area contributed by atoms with Crippen LogP contribution in [-0.2, 0) is 16.1 Å². The molecule has 3 aromatic rings. The summed E-state index contributed by atoms with van der Waals surface area (Å²) in [5.74, 6) is -1.24. The molecule has 2 aromatic carbocycles. The monoisotopic (exact) mass is 436 g/mol. The quantitative estimate of drug-likeness (QED) is 0.288. The van der Waals surface area contributed by atoms with E-state index >= 15 is 0 Å². The van der Waals surface area contributed by atoms with Gasteiger partial charge in [0.05, 0.1) is 0 Å². The molecule has 0 unspecified atom stereocenters. The fourth-order valence-corrected chi connectivity index (χ4v) is 3.64. The van der Waals surface area contributed by atoms with Gasteiger partial charge in [0.1, 0.15) is 5.82 Å². The van der Waals surface area contributed by atoms with Crippen molar-refractivity contribution < 1.29 is 19.2 Å². The first-order chi connectivity index (χ1) is 14.9. The van der Waals surface area contributed by atoms with Crippen LogP contribution in [0.15, 0.2) is 66.1 Å². The Labute approximate surface area is 183 Å². The number of carbonyl (C=O) groups excluding carboxylic acids is 2. The molecule has 0 fully saturated rings. The van der Waals surface area contributed by atoms with E-state index in [0.717, 1.165) is 21.6 Å². The molecule has 0 atom stereocenters. The van der Waals surface area contributed by atoms with Crippen LogP contribution in [0.4, 0.5) is 4.39 Å². The molecular weight excluding hydrogens is 415 g/mol.